The quantitative estimate of drug-likeness (QED) is 0.135. The van der Waals surface area contributed by atoms with E-state index in [1.165, 1.54) is 66.8 Å². The molecule has 0 aliphatic heterocycles. The van der Waals surface area contributed by atoms with Crippen molar-refractivity contribution in [2.45, 2.75) is 58.8 Å². The molecule has 0 saturated heterocycles. The van der Waals surface area contributed by atoms with Crippen molar-refractivity contribution in [3.05, 3.63) is 200 Å². The molecule has 0 aromatic heterocycles. The van der Waals surface area contributed by atoms with Gasteiger partial charge in [0.05, 0.1) is 0 Å². The molecule has 0 atom stereocenters. The molecule has 0 fully saturated rings. The highest BCUT2D eigenvalue weighted by molar-refractivity contribution is 5.45. The molecule has 0 aliphatic rings. The Morgan fingerprint density at radius 1 is 0.298 bits per heavy atom. The largest absolute Gasteiger partial charge is 0.399 e. The monoisotopic (exact) mass is 614 g/mol. The van der Waals surface area contributed by atoms with Crippen LogP contribution < -0.4 is 11.5 Å². The third-order valence-corrected chi connectivity index (χ3v) is 9.32. The maximum absolute atomic E-state index is 5.87. The standard InChI is InChI=1S/C45H46N2/c1-3-40-30-38(13-19-42(40)28-36-15-21-44(46)22-16-36)26-34-9-5-32(6-10-34)25-33-7-11-35(12-8-33)27-39-14-20-43(41(4-2)31-39)29-37-17-23-45(47)24-18-37/h5-24,30-31H,3-4,25-29,46-47H2,1-2H3. The van der Waals surface area contributed by atoms with Gasteiger partial charge < -0.3 is 11.5 Å². The molecule has 47 heavy (non-hydrogen) atoms. The van der Waals surface area contributed by atoms with Crippen LogP contribution in [-0.2, 0) is 44.9 Å². The average Bonchev–Trinajstić information content (AvgIpc) is 3.09. The van der Waals surface area contributed by atoms with Crippen LogP contribution in [0.5, 0.6) is 0 Å². The predicted octanol–water partition coefficient (Wildman–Crippen LogP) is 9.93. The molecular weight excluding hydrogens is 569 g/mol. The van der Waals surface area contributed by atoms with Crippen LogP contribution in [0.15, 0.2) is 133 Å². The summed E-state index contributed by atoms with van der Waals surface area (Å²) in [5.41, 5.74) is 29.8. The van der Waals surface area contributed by atoms with Crippen molar-refractivity contribution >= 4 is 11.4 Å². The summed E-state index contributed by atoms with van der Waals surface area (Å²) >= 11 is 0. The number of nitrogen functional groups attached to an aromatic ring is 2. The Balaban J connectivity index is 1.04. The van der Waals surface area contributed by atoms with Gasteiger partial charge in [-0.1, -0.05) is 123 Å². The summed E-state index contributed by atoms with van der Waals surface area (Å²) in [6, 6.07) is 48.8. The summed E-state index contributed by atoms with van der Waals surface area (Å²) in [5, 5.41) is 0. The second-order valence-electron chi connectivity index (χ2n) is 12.9. The third-order valence-electron chi connectivity index (χ3n) is 9.32. The van der Waals surface area contributed by atoms with Crippen molar-refractivity contribution in [3.8, 4) is 0 Å². The number of anilines is 2. The van der Waals surface area contributed by atoms with Crippen LogP contribution in [0.25, 0.3) is 0 Å². The van der Waals surface area contributed by atoms with E-state index in [9.17, 15) is 0 Å². The van der Waals surface area contributed by atoms with Crippen LogP contribution in [0.2, 0.25) is 0 Å². The molecule has 4 N–H and O–H groups in total. The first kappa shape index (κ1) is 31.9. The van der Waals surface area contributed by atoms with Crippen molar-refractivity contribution in [1.82, 2.24) is 0 Å². The Labute approximate surface area is 281 Å². The Hall–Kier alpha value is -5.08. The first-order valence-corrected chi connectivity index (χ1v) is 17.0. The number of rotatable bonds is 12. The normalized spacial score (nSPS) is 11.1. The summed E-state index contributed by atoms with van der Waals surface area (Å²) in [6.07, 6.45) is 6.80. The van der Waals surface area contributed by atoms with Gasteiger partial charge in [0.2, 0.25) is 0 Å². The first-order chi connectivity index (χ1) is 22.9. The number of benzene rings is 6. The average molecular weight is 615 g/mol. The SMILES string of the molecule is CCc1cc(Cc2ccc(Cc3ccc(Cc4ccc(Cc5ccc(N)cc5)c(CC)c4)cc3)cc2)ccc1Cc1ccc(N)cc1. The lowest BCUT2D eigenvalue weighted by atomic mass is 9.93. The molecule has 0 bridgehead atoms. The van der Waals surface area contributed by atoms with E-state index < -0.39 is 0 Å². The van der Waals surface area contributed by atoms with Gasteiger partial charge in [-0.2, -0.15) is 0 Å². The molecule has 0 radical (unpaired) electrons. The first-order valence-electron chi connectivity index (χ1n) is 17.0. The van der Waals surface area contributed by atoms with E-state index in [1.54, 1.807) is 0 Å². The zero-order chi connectivity index (χ0) is 32.6. The fraction of sp³-hybridized carbons (Fsp3) is 0.200. The fourth-order valence-corrected chi connectivity index (χ4v) is 6.55. The highest BCUT2D eigenvalue weighted by atomic mass is 14.5. The van der Waals surface area contributed by atoms with E-state index in [2.05, 4.69) is 123 Å². The molecular formula is C45H46N2. The molecule has 0 aliphatic carbocycles. The van der Waals surface area contributed by atoms with Crippen molar-refractivity contribution in [2.24, 2.45) is 0 Å². The third kappa shape index (κ3) is 8.60. The lowest BCUT2D eigenvalue weighted by Gasteiger charge is -2.12. The van der Waals surface area contributed by atoms with E-state index in [1.807, 2.05) is 24.3 Å². The van der Waals surface area contributed by atoms with Crippen LogP contribution >= 0.6 is 0 Å². The minimum Gasteiger partial charge on any atom is -0.399 e. The van der Waals surface area contributed by atoms with Gasteiger partial charge in [-0.3, -0.25) is 0 Å². The van der Waals surface area contributed by atoms with Gasteiger partial charge in [-0.25, -0.2) is 0 Å². The van der Waals surface area contributed by atoms with Gasteiger partial charge >= 0.3 is 0 Å². The summed E-state index contributed by atoms with van der Waals surface area (Å²) in [7, 11) is 0. The van der Waals surface area contributed by atoms with Gasteiger partial charge in [0, 0.05) is 11.4 Å². The van der Waals surface area contributed by atoms with E-state index in [0.717, 1.165) is 56.3 Å². The van der Waals surface area contributed by atoms with Crippen LogP contribution in [0.1, 0.15) is 80.6 Å². The molecule has 2 nitrogen and oxygen atoms in total. The molecule has 236 valence electrons. The zero-order valence-corrected chi connectivity index (χ0v) is 27.8. The molecule has 0 saturated carbocycles. The second-order valence-corrected chi connectivity index (χ2v) is 12.9. The number of nitrogens with two attached hydrogens (primary N) is 2. The second kappa shape index (κ2) is 15.0. The smallest absolute Gasteiger partial charge is 0.0314 e. The fourth-order valence-electron chi connectivity index (χ4n) is 6.55. The molecule has 0 heterocycles. The number of hydrogen-bond acceptors (Lipinski definition) is 2. The summed E-state index contributed by atoms with van der Waals surface area (Å²) < 4.78 is 0. The Morgan fingerprint density at radius 3 is 0.872 bits per heavy atom. The molecule has 2 heteroatoms. The summed E-state index contributed by atoms with van der Waals surface area (Å²) in [6.45, 7) is 4.49. The maximum atomic E-state index is 5.87. The van der Waals surface area contributed by atoms with Crippen molar-refractivity contribution < 1.29 is 0 Å². The maximum Gasteiger partial charge on any atom is 0.0314 e. The lowest BCUT2D eigenvalue weighted by Crippen LogP contribution is -1.98. The van der Waals surface area contributed by atoms with Crippen LogP contribution in [-0.4, -0.2) is 0 Å². The minimum absolute atomic E-state index is 0.814. The van der Waals surface area contributed by atoms with Gasteiger partial charge in [0.1, 0.15) is 0 Å². The molecule has 6 aromatic carbocycles. The molecule has 0 amide bonds. The Bertz CT molecular complexity index is 1760. The molecule has 6 aromatic rings. The summed E-state index contributed by atoms with van der Waals surface area (Å²) in [5.74, 6) is 0. The van der Waals surface area contributed by atoms with Gasteiger partial charge in [0.25, 0.3) is 0 Å². The molecule has 0 unspecified atom stereocenters. The molecule has 6 rings (SSSR count). The van der Waals surface area contributed by atoms with E-state index in [-0.39, 0.29) is 0 Å². The number of hydrogen-bond donors (Lipinski definition) is 2. The van der Waals surface area contributed by atoms with E-state index in [0.29, 0.717) is 0 Å². The highest BCUT2D eigenvalue weighted by Crippen LogP contribution is 2.23. The van der Waals surface area contributed by atoms with E-state index in [4.69, 9.17) is 11.5 Å². The topological polar surface area (TPSA) is 52.0 Å². The van der Waals surface area contributed by atoms with Gasteiger partial charge in [-0.15, -0.1) is 0 Å². The Morgan fingerprint density at radius 2 is 0.553 bits per heavy atom. The van der Waals surface area contributed by atoms with Crippen molar-refractivity contribution in [1.29, 1.82) is 0 Å². The van der Waals surface area contributed by atoms with Crippen LogP contribution in [0.3, 0.4) is 0 Å². The minimum atomic E-state index is 0.814. The highest BCUT2D eigenvalue weighted by Gasteiger charge is 2.08. The Kier molecular flexibility index (Phi) is 10.2. The molecule has 0 spiro atoms. The van der Waals surface area contributed by atoms with Gasteiger partial charge in [0.15, 0.2) is 0 Å². The van der Waals surface area contributed by atoms with Crippen molar-refractivity contribution in [3.63, 3.8) is 0 Å². The number of aryl methyl sites for hydroxylation is 2. The van der Waals surface area contributed by atoms with Crippen molar-refractivity contribution in [2.75, 3.05) is 11.5 Å². The lowest BCUT2D eigenvalue weighted by molar-refractivity contribution is 1.04. The summed E-state index contributed by atoms with van der Waals surface area (Å²) in [4.78, 5) is 0. The van der Waals surface area contributed by atoms with Crippen LogP contribution in [0, 0.1) is 0 Å². The zero-order valence-electron chi connectivity index (χ0n) is 27.8. The van der Waals surface area contributed by atoms with E-state index >= 15 is 0 Å². The van der Waals surface area contributed by atoms with Crippen LogP contribution in [0.4, 0.5) is 11.4 Å². The predicted molar refractivity (Wildman–Crippen MR) is 200 cm³/mol. The van der Waals surface area contributed by atoms with Gasteiger partial charge in [-0.05, 0) is 136 Å².